The van der Waals surface area contributed by atoms with E-state index >= 15 is 0 Å². The number of benzene rings is 1. The lowest BCUT2D eigenvalue weighted by Crippen LogP contribution is -3.12. The maximum atomic E-state index is 9.68. The van der Waals surface area contributed by atoms with Crippen LogP contribution in [0.1, 0.15) is 12.8 Å². The zero-order valence-electron chi connectivity index (χ0n) is 14.5. The first kappa shape index (κ1) is 17.8. The summed E-state index contributed by atoms with van der Waals surface area (Å²) >= 11 is 5.65. The summed E-state index contributed by atoms with van der Waals surface area (Å²) in [6.07, 6.45) is 3.34. The van der Waals surface area contributed by atoms with Gasteiger partial charge in [-0.3, -0.25) is 4.57 Å². The predicted molar refractivity (Wildman–Crippen MR) is 99.2 cm³/mol. The molecule has 1 aliphatic heterocycles. The van der Waals surface area contributed by atoms with Gasteiger partial charge in [0.25, 0.3) is 0 Å². The molecule has 1 fully saturated rings. The van der Waals surface area contributed by atoms with Crippen molar-refractivity contribution in [3.63, 3.8) is 0 Å². The number of methoxy groups -OCH3 is 1. The predicted octanol–water partition coefficient (Wildman–Crippen LogP) is 1.27. The van der Waals surface area contributed by atoms with Crippen LogP contribution in [0.2, 0.25) is 0 Å². The third-order valence-corrected chi connectivity index (χ3v) is 5.05. The lowest BCUT2D eigenvalue weighted by molar-refractivity contribution is -0.929. The lowest BCUT2D eigenvalue weighted by Gasteiger charge is -2.26. The van der Waals surface area contributed by atoms with Gasteiger partial charge in [-0.15, -0.1) is 11.7 Å². The number of nitrogens with one attached hydrogen (secondary N) is 1. The van der Waals surface area contributed by atoms with E-state index in [0.717, 1.165) is 49.7 Å². The van der Waals surface area contributed by atoms with Crippen LogP contribution in [-0.4, -0.2) is 45.8 Å². The molecule has 0 radical (unpaired) electrons. The normalized spacial score (nSPS) is 20.4. The summed E-state index contributed by atoms with van der Waals surface area (Å²) in [4.78, 5) is 1.39. The van der Waals surface area contributed by atoms with Crippen LogP contribution in [0.15, 0.2) is 36.9 Å². The van der Waals surface area contributed by atoms with Crippen LogP contribution in [0.5, 0.6) is 5.75 Å². The highest BCUT2D eigenvalue weighted by Gasteiger charge is 2.22. The minimum absolute atomic E-state index is 0.162. The van der Waals surface area contributed by atoms with Gasteiger partial charge >= 0.3 is 0 Å². The van der Waals surface area contributed by atoms with Crippen molar-refractivity contribution < 1.29 is 14.7 Å². The number of aliphatic hydroxyl groups is 1. The molecule has 2 N–H and O–H groups in total. The van der Waals surface area contributed by atoms with Gasteiger partial charge in [0.2, 0.25) is 4.77 Å². The number of aromatic nitrogens is 3. The fourth-order valence-corrected chi connectivity index (χ4v) is 3.44. The topological polar surface area (TPSA) is 56.7 Å². The molecule has 0 amide bonds. The van der Waals surface area contributed by atoms with Crippen molar-refractivity contribution >= 4 is 12.2 Å². The smallest absolute Gasteiger partial charge is 0.203 e. The van der Waals surface area contributed by atoms with E-state index in [1.54, 1.807) is 7.11 Å². The lowest BCUT2D eigenvalue weighted by atomic mass is 10.1. The molecule has 0 bridgehead atoms. The first-order chi connectivity index (χ1) is 12.1. The highest BCUT2D eigenvalue weighted by Crippen LogP contribution is 2.21. The van der Waals surface area contributed by atoms with E-state index in [-0.39, 0.29) is 6.10 Å². The Morgan fingerprint density at radius 1 is 1.36 bits per heavy atom. The molecule has 25 heavy (non-hydrogen) atoms. The summed E-state index contributed by atoms with van der Waals surface area (Å²) in [6, 6.07) is 7.83. The standard InChI is InChI=1S/C18H24N4O2S/c1-3-10-21-17(14-4-6-16(24-2)7-5-14)19-22(18(21)25)13-20-11-8-15(23)9-12-20/h3-7,15,23H,1,8-13H2,2H3/p+1. The number of likely N-dealkylation sites (tertiary alicyclic amines) is 1. The van der Waals surface area contributed by atoms with E-state index in [2.05, 4.69) is 6.58 Å². The maximum absolute atomic E-state index is 9.68. The number of quaternary nitrogens is 1. The molecule has 0 atom stereocenters. The average Bonchev–Trinajstić information content (AvgIpc) is 2.94. The molecule has 2 aromatic rings. The Labute approximate surface area is 153 Å². The van der Waals surface area contributed by atoms with E-state index < -0.39 is 0 Å². The molecule has 0 aliphatic carbocycles. The van der Waals surface area contributed by atoms with E-state index in [1.807, 2.05) is 39.6 Å². The van der Waals surface area contributed by atoms with E-state index in [9.17, 15) is 5.11 Å². The summed E-state index contributed by atoms with van der Waals surface area (Å²) in [5, 5.41) is 14.4. The van der Waals surface area contributed by atoms with Crippen molar-refractivity contribution in [3.8, 4) is 17.1 Å². The second-order valence-electron chi connectivity index (χ2n) is 6.37. The highest BCUT2D eigenvalue weighted by molar-refractivity contribution is 7.71. The second-order valence-corrected chi connectivity index (χ2v) is 6.74. The van der Waals surface area contributed by atoms with Gasteiger partial charge in [0.15, 0.2) is 12.5 Å². The molecule has 134 valence electrons. The number of hydrogen-bond acceptors (Lipinski definition) is 4. The minimum Gasteiger partial charge on any atom is -0.497 e. The molecule has 0 saturated carbocycles. The number of nitrogens with zero attached hydrogens (tertiary/aromatic N) is 3. The highest BCUT2D eigenvalue weighted by atomic mass is 32.1. The Morgan fingerprint density at radius 3 is 2.64 bits per heavy atom. The number of aliphatic hydroxyl groups excluding tert-OH is 1. The van der Waals surface area contributed by atoms with Gasteiger partial charge in [0.05, 0.1) is 26.3 Å². The minimum atomic E-state index is -0.162. The van der Waals surface area contributed by atoms with Crippen molar-refractivity contribution in [1.29, 1.82) is 0 Å². The Hall–Kier alpha value is -1.96. The Balaban J connectivity index is 1.89. The summed E-state index contributed by atoms with van der Waals surface area (Å²) < 4.78 is 9.82. The van der Waals surface area contributed by atoms with E-state index in [4.69, 9.17) is 22.1 Å². The van der Waals surface area contributed by atoms with E-state index in [1.165, 1.54) is 4.90 Å². The van der Waals surface area contributed by atoms with Gasteiger partial charge < -0.3 is 14.7 Å². The third kappa shape index (κ3) is 4.00. The largest absolute Gasteiger partial charge is 0.497 e. The van der Waals surface area contributed by atoms with Crippen molar-refractivity contribution in [3.05, 3.63) is 41.7 Å². The average molecular weight is 361 g/mol. The number of rotatable bonds is 6. The zero-order valence-corrected chi connectivity index (χ0v) is 15.3. The number of piperidine rings is 1. The van der Waals surface area contributed by atoms with Gasteiger partial charge in [-0.25, -0.2) is 0 Å². The van der Waals surface area contributed by atoms with Crippen LogP contribution in [0.25, 0.3) is 11.4 Å². The van der Waals surface area contributed by atoms with Crippen LogP contribution in [0.4, 0.5) is 0 Å². The first-order valence-electron chi connectivity index (χ1n) is 8.57. The van der Waals surface area contributed by atoms with E-state index in [0.29, 0.717) is 11.3 Å². The molecular formula is C18H25N4O2S+. The van der Waals surface area contributed by atoms with Crippen LogP contribution >= 0.6 is 12.2 Å². The molecular weight excluding hydrogens is 336 g/mol. The molecule has 2 heterocycles. The number of hydrogen-bond donors (Lipinski definition) is 2. The molecule has 0 spiro atoms. The molecule has 1 saturated heterocycles. The summed E-state index contributed by atoms with van der Waals surface area (Å²) in [7, 11) is 1.65. The van der Waals surface area contributed by atoms with Gasteiger partial charge in [-0.1, -0.05) is 6.08 Å². The van der Waals surface area contributed by atoms with Gasteiger partial charge in [-0.2, -0.15) is 4.68 Å². The van der Waals surface area contributed by atoms with Crippen molar-refractivity contribution in [1.82, 2.24) is 14.3 Å². The first-order valence-corrected chi connectivity index (χ1v) is 8.97. The molecule has 7 heteroatoms. The fraction of sp³-hybridized carbons (Fsp3) is 0.444. The molecule has 3 rings (SSSR count). The Morgan fingerprint density at radius 2 is 2.04 bits per heavy atom. The Bertz CT molecular complexity index is 773. The monoisotopic (exact) mass is 361 g/mol. The third-order valence-electron chi connectivity index (χ3n) is 4.62. The van der Waals surface area contributed by atoms with Crippen LogP contribution in [-0.2, 0) is 13.2 Å². The fourth-order valence-electron chi connectivity index (χ4n) is 3.17. The molecule has 6 nitrogen and oxygen atoms in total. The Kier molecular flexibility index (Phi) is 5.67. The second kappa shape index (κ2) is 7.95. The SMILES string of the molecule is C=CCn1c(-c2ccc(OC)cc2)nn(C[NH+]2CCC(O)CC2)c1=S. The quantitative estimate of drug-likeness (QED) is 0.601. The van der Waals surface area contributed by atoms with Crippen molar-refractivity contribution in [2.45, 2.75) is 32.2 Å². The molecule has 0 unspecified atom stereocenters. The zero-order chi connectivity index (χ0) is 17.8. The number of ether oxygens (including phenoxy) is 1. The molecule has 1 aromatic carbocycles. The van der Waals surface area contributed by atoms with Gasteiger partial charge in [0.1, 0.15) is 5.75 Å². The van der Waals surface area contributed by atoms with Crippen molar-refractivity contribution in [2.75, 3.05) is 20.2 Å². The van der Waals surface area contributed by atoms with Crippen LogP contribution in [0.3, 0.4) is 0 Å². The maximum Gasteiger partial charge on any atom is 0.203 e. The molecule has 1 aromatic heterocycles. The van der Waals surface area contributed by atoms with Crippen LogP contribution in [0, 0.1) is 4.77 Å². The molecule has 1 aliphatic rings. The van der Waals surface area contributed by atoms with Crippen molar-refractivity contribution in [2.24, 2.45) is 0 Å². The summed E-state index contributed by atoms with van der Waals surface area (Å²) in [6.45, 7) is 7.05. The summed E-state index contributed by atoms with van der Waals surface area (Å²) in [5.74, 6) is 1.65. The van der Waals surface area contributed by atoms with Crippen LogP contribution < -0.4 is 9.64 Å². The van der Waals surface area contributed by atoms with Gasteiger partial charge in [0, 0.05) is 24.9 Å². The number of allylic oxidation sites excluding steroid dienone is 1. The van der Waals surface area contributed by atoms with Gasteiger partial charge in [-0.05, 0) is 36.5 Å². The summed E-state index contributed by atoms with van der Waals surface area (Å²) in [5.41, 5.74) is 0.997.